The molecule has 16 heavy (non-hydrogen) atoms. The van der Waals surface area contributed by atoms with Crippen molar-refractivity contribution in [2.24, 2.45) is 0 Å². The average Bonchev–Trinajstić information content (AvgIpc) is 2.77. The summed E-state index contributed by atoms with van der Waals surface area (Å²) < 4.78 is 0. The molecule has 1 aliphatic heterocycles. The first kappa shape index (κ1) is 11.4. The Hall–Kier alpha value is -1.07. The van der Waals surface area contributed by atoms with Gasteiger partial charge in [0.05, 0.1) is 10.3 Å². The third kappa shape index (κ3) is 2.36. The lowest BCUT2D eigenvalue weighted by Gasteiger charge is -2.11. The maximum Gasteiger partial charge on any atom is 0.269 e. The van der Waals surface area contributed by atoms with Gasteiger partial charge in [0.1, 0.15) is 0 Å². The first-order chi connectivity index (χ1) is 7.70. The predicted octanol–water partition coefficient (Wildman–Crippen LogP) is 2.71. The standard InChI is InChI=1S/C11H14N2O2S/c1-2-9-7-16-11(12-9)8-4-3-5-10(6-8)13(14)15/h3-6,9,11-12H,2,7H2,1H3. The second kappa shape index (κ2) is 4.84. The maximum atomic E-state index is 10.7. The van der Waals surface area contributed by atoms with Crippen LogP contribution < -0.4 is 5.32 Å². The van der Waals surface area contributed by atoms with Crippen molar-refractivity contribution in [2.75, 3.05) is 5.75 Å². The minimum Gasteiger partial charge on any atom is -0.298 e. The Balaban J connectivity index is 2.15. The van der Waals surface area contributed by atoms with Crippen LogP contribution in [0.15, 0.2) is 24.3 Å². The van der Waals surface area contributed by atoms with Gasteiger partial charge in [-0.2, -0.15) is 0 Å². The Kier molecular flexibility index (Phi) is 3.46. The molecule has 0 radical (unpaired) electrons. The Morgan fingerprint density at radius 1 is 1.62 bits per heavy atom. The molecule has 0 aliphatic carbocycles. The van der Waals surface area contributed by atoms with Crippen LogP contribution in [0, 0.1) is 10.1 Å². The van der Waals surface area contributed by atoms with Gasteiger partial charge in [0, 0.05) is 23.9 Å². The zero-order valence-corrected chi connectivity index (χ0v) is 9.87. The monoisotopic (exact) mass is 238 g/mol. The molecule has 1 aliphatic rings. The van der Waals surface area contributed by atoms with Crippen molar-refractivity contribution in [3.05, 3.63) is 39.9 Å². The zero-order valence-electron chi connectivity index (χ0n) is 9.05. The third-order valence-electron chi connectivity index (χ3n) is 2.73. The topological polar surface area (TPSA) is 55.2 Å². The van der Waals surface area contributed by atoms with Crippen LogP contribution in [0.2, 0.25) is 0 Å². The van der Waals surface area contributed by atoms with Gasteiger partial charge in [-0.15, -0.1) is 11.8 Å². The normalized spacial score (nSPS) is 24.6. The highest BCUT2D eigenvalue weighted by atomic mass is 32.2. The lowest BCUT2D eigenvalue weighted by molar-refractivity contribution is -0.384. The summed E-state index contributed by atoms with van der Waals surface area (Å²) in [4.78, 5) is 10.3. The number of nitro groups is 1. The largest absolute Gasteiger partial charge is 0.298 e. The molecule has 2 unspecified atom stereocenters. The van der Waals surface area contributed by atoms with E-state index in [-0.39, 0.29) is 16.0 Å². The van der Waals surface area contributed by atoms with Crippen LogP contribution in [-0.2, 0) is 0 Å². The summed E-state index contributed by atoms with van der Waals surface area (Å²) in [6.45, 7) is 2.15. The van der Waals surface area contributed by atoms with Crippen molar-refractivity contribution in [1.82, 2.24) is 5.32 Å². The van der Waals surface area contributed by atoms with Gasteiger partial charge in [0.15, 0.2) is 0 Å². The van der Waals surface area contributed by atoms with Gasteiger partial charge in [0.25, 0.3) is 5.69 Å². The fourth-order valence-corrected chi connectivity index (χ4v) is 3.14. The molecule has 1 saturated heterocycles. The number of hydrogen-bond donors (Lipinski definition) is 1. The Morgan fingerprint density at radius 3 is 3.06 bits per heavy atom. The molecule has 0 saturated carbocycles. The van der Waals surface area contributed by atoms with Crippen LogP contribution in [-0.4, -0.2) is 16.7 Å². The van der Waals surface area contributed by atoms with Crippen molar-refractivity contribution < 1.29 is 4.92 Å². The molecule has 4 nitrogen and oxygen atoms in total. The van der Waals surface area contributed by atoms with Crippen molar-refractivity contribution in [1.29, 1.82) is 0 Å². The summed E-state index contributed by atoms with van der Waals surface area (Å²) in [5.41, 5.74) is 1.16. The quantitative estimate of drug-likeness (QED) is 0.649. The second-order valence-corrected chi connectivity index (χ2v) is 4.98. The number of non-ortho nitro benzene ring substituents is 1. The lowest BCUT2D eigenvalue weighted by Crippen LogP contribution is -2.24. The Bertz CT molecular complexity index is 397. The fraction of sp³-hybridized carbons (Fsp3) is 0.455. The minimum absolute atomic E-state index is 0.167. The molecule has 0 amide bonds. The number of nitro benzene ring substituents is 1. The molecule has 1 fully saturated rings. The van der Waals surface area contributed by atoms with Crippen LogP contribution in [0.1, 0.15) is 24.3 Å². The molecule has 1 N–H and O–H groups in total. The van der Waals surface area contributed by atoms with Crippen molar-refractivity contribution in [3.63, 3.8) is 0 Å². The highest BCUT2D eigenvalue weighted by molar-refractivity contribution is 7.99. The zero-order chi connectivity index (χ0) is 11.5. The van der Waals surface area contributed by atoms with Gasteiger partial charge < -0.3 is 0 Å². The highest BCUT2D eigenvalue weighted by Crippen LogP contribution is 2.34. The highest BCUT2D eigenvalue weighted by Gasteiger charge is 2.24. The summed E-state index contributed by atoms with van der Waals surface area (Å²) in [7, 11) is 0. The van der Waals surface area contributed by atoms with Crippen LogP contribution >= 0.6 is 11.8 Å². The van der Waals surface area contributed by atoms with Crippen molar-refractivity contribution >= 4 is 17.4 Å². The van der Waals surface area contributed by atoms with E-state index in [1.807, 2.05) is 17.8 Å². The van der Waals surface area contributed by atoms with E-state index in [1.165, 1.54) is 6.07 Å². The van der Waals surface area contributed by atoms with Gasteiger partial charge in [0.2, 0.25) is 0 Å². The number of thioether (sulfide) groups is 1. The smallest absolute Gasteiger partial charge is 0.269 e. The molecule has 0 aromatic heterocycles. The lowest BCUT2D eigenvalue weighted by atomic mass is 10.2. The van der Waals surface area contributed by atoms with Gasteiger partial charge in [-0.3, -0.25) is 15.4 Å². The molecular weight excluding hydrogens is 224 g/mol. The summed E-state index contributed by atoms with van der Waals surface area (Å²) in [5.74, 6) is 1.07. The van der Waals surface area contributed by atoms with E-state index >= 15 is 0 Å². The van der Waals surface area contributed by atoms with Gasteiger partial charge >= 0.3 is 0 Å². The summed E-state index contributed by atoms with van der Waals surface area (Å²) in [6.07, 6.45) is 1.10. The molecule has 2 atom stereocenters. The Labute approximate surface area is 98.6 Å². The van der Waals surface area contributed by atoms with Crippen LogP contribution in [0.5, 0.6) is 0 Å². The minimum atomic E-state index is -0.347. The van der Waals surface area contributed by atoms with E-state index in [1.54, 1.807) is 12.1 Å². The number of nitrogens with one attached hydrogen (secondary N) is 1. The van der Waals surface area contributed by atoms with E-state index in [4.69, 9.17) is 0 Å². The van der Waals surface area contributed by atoms with E-state index in [2.05, 4.69) is 12.2 Å². The van der Waals surface area contributed by atoms with E-state index in [9.17, 15) is 10.1 Å². The molecule has 86 valence electrons. The van der Waals surface area contributed by atoms with Crippen LogP contribution in [0.3, 0.4) is 0 Å². The van der Waals surface area contributed by atoms with E-state index in [0.29, 0.717) is 6.04 Å². The number of hydrogen-bond acceptors (Lipinski definition) is 4. The molecule has 2 rings (SSSR count). The van der Waals surface area contributed by atoms with Gasteiger partial charge in [-0.25, -0.2) is 0 Å². The summed E-state index contributed by atoms with van der Waals surface area (Å²) >= 11 is 1.81. The third-order valence-corrected chi connectivity index (χ3v) is 4.06. The second-order valence-electron chi connectivity index (χ2n) is 3.84. The maximum absolute atomic E-state index is 10.7. The molecule has 1 heterocycles. The molecule has 5 heteroatoms. The van der Waals surface area contributed by atoms with Crippen LogP contribution in [0.25, 0.3) is 0 Å². The van der Waals surface area contributed by atoms with Crippen molar-refractivity contribution in [3.8, 4) is 0 Å². The predicted molar refractivity (Wildman–Crippen MR) is 65.5 cm³/mol. The van der Waals surface area contributed by atoms with E-state index in [0.717, 1.165) is 17.7 Å². The van der Waals surface area contributed by atoms with E-state index < -0.39 is 0 Å². The number of rotatable bonds is 3. The number of benzene rings is 1. The summed E-state index contributed by atoms with van der Waals surface area (Å²) in [5, 5.41) is 14.3. The van der Waals surface area contributed by atoms with Crippen LogP contribution in [0.4, 0.5) is 5.69 Å². The molecular formula is C11H14N2O2S. The molecule has 1 aromatic rings. The average molecular weight is 238 g/mol. The number of nitrogens with zero attached hydrogens (tertiary/aromatic N) is 1. The molecule has 1 aromatic carbocycles. The molecule has 0 bridgehead atoms. The molecule has 0 spiro atoms. The van der Waals surface area contributed by atoms with Gasteiger partial charge in [-0.05, 0) is 12.0 Å². The van der Waals surface area contributed by atoms with Crippen molar-refractivity contribution in [2.45, 2.75) is 24.8 Å². The fourth-order valence-electron chi connectivity index (χ4n) is 1.75. The van der Waals surface area contributed by atoms with Gasteiger partial charge in [-0.1, -0.05) is 19.1 Å². The first-order valence-corrected chi connectivity index (χ1v) is 6.37. The SMILES string of the molecule is CCC1CSC(c2cccc([N+](=O)[O-])c2)N1. The Morgan fingerprint density at radius 2 is 2.44 bits per heavy atom. The first-order valence-electron chi connectivity index (χ1n) is 5.32. The summed E-state index contributed by atoms with van der Waals surface area (Å²) in [6, 6.07) is 7.39.